The summed E-state index contributed by atoms with van der Waals surface area (Å²) in [7, 11) is 0. The Kier molecular flexibility index (Phi) is 6.81. The molecule has 4 amide bonds. The second-order valence-electron chi connectivity index (χ2n) is 6.80. The number of ether oxygens (including phenoxy) is 1. The third-order valence-electron chi connectivity index (χ3n) is 4.70. The second kappa shape index (κ2) is 9.71. The summed E-state index contributed by atoms with van der Waals surface area (Å²) >= 11 is 0. The van der Waals surface area contributed by atoms with Crippen molar-refractivity contribution in [3.8, 4) is 0 Å². The Hall–Kier alpha value is -3.94. The van der Waals surface area contributed by atoms with Crippen molar-refractivity contribution in [2.75, 3.05) is 23.4 Å². The first-order chi connectivity index (χ1) is 15.0. The lowest BCUT2D eigenvalue weighted by Crippen LogP contribution is -2.38. The average molecular weight is 421 g/mol. The molecule has 1 N–H and O–H groups in total. The van der Waals surface area contributed by atoms with Crippen LogP contribution in [0.15, 0.2) is 67.3 Å². The van der Waals surface area contributed by atoms with Crippen molar-refractivity contribution >= 4 is 35.2 Å². The lowest BCUT2D eigenvalue weighted by Gasteiger charge is -2.19. The smallest absolute Gasteiger partial charge is 0.338 e. The van der Waals surface area contributed by atoms with Crippen molar-refractivity contribution in [3.63, 3.8) is 0 Å². The number of hydrogen-bond donors (Lipinski definition) is 1. The van der Waals surface area contributed by atoms with Crippen LogP contribution in [0.3, 0.4) is 0 Å². The van der Waals surface area contributed by atoms with Gasteiger partial charge in [0.15, 0.2) is 0 Å². The van der Waals surface area contributed by atoms with Gasteiger partial charge in [-0.2, -0.15) is 0 Å². The van der Waals surface area contributed by atoms with E-state index in [9.17, 15) is 19.2 Å². The Morgan fingerprint density at radius 3 is 2.55 bits per heavy atom. The van der Waals surface area contributed by atoms with Gasteiger partial charge in [-0.3, -0.25) is 9.59 Å². The number of carbonyl (C=O) groups excluding carboxylic acids is 4. The first-order valence-corrected chi connectivity index (χ1v) is 9.83. The highest BCUT2D eigenvalue weighted by molar-refractivity contribution is 6.22. The number of esters is 1. The Balaban J connectivity index is 1.75. The fourth-order valence-electron chi connectivity index (χ4n) is 3.32. The van der Waals surface area contributed by atoms with E-state index in [0.29, 0.717) is 16.9 Å². The minimum Gasteiger partial charge on any atom is -0.462 e. The Morgan fingerprint density at radius 2 is 1.87 bits per heavy atom. The standard InChI is InChI=1S/C23H23N3O5/c1-3-13-25-19(21(28)26(23(25)30)18-11-6-5-7-12-18)15-20(27)24-17-10-8-9-16(14-17)22(29)31-4-2/h3,5-12,14,19H,1,4,13,15H2,2H3,(H,24,27). The van der Waals surface area contributed by atoms with Crippen LogP contribution < -0.4 is 10.2 Å². The van der Waals surface area contributed by atoms with Crippen LogP contribution in [0.25, 0.3) is 0 Å². The third-order valence-corrected chi connectivity index (χ3v) is 4.70. The van der Waals surface area contributed by atoms with Gasteiger partial charge in [-0.25, -0.2) is 14.5 Å². The summed E-state index contributed by atoms with van der Waals surface area (Å²) in [6, 6.07) is 13.4. The van der Waals surface area contributed by atoms with Gasteiger partial charge in [0.05, 0.1) is 24.3 Å². The molecule has 0 spiro atoms. The molecule has 8 nitrogen and oxygen atoms in total. The highest BCUT2D eigenvalue weighted by atomic mass is 16.5. The summed E-state index contributed by atoms with van der Waals surface area (Å²) in [5.41, 5.74) is 1.13. The molecule has 31 heavy (non-hydrogen) atoms. The fourth-order valence-corrected chi connectivity index (χ4v) is 3.32. The molecule has 3 rings (SSSR count). The van der Waals surface area contributed by atoms with E-state index >= 15 is 0 Å². The molecule has 1 heterocycles. The van der Waals surface area contributed by atoms with Gasteiger partial charge in [0.25, 0.3) is 5.91 Å². The number of carbonyl (C=O) groups is 4. The zero-order valence-electron chi connectivity index (χ0n) is 17.1. The second-order valence-corrected chi connectivity index (χ2v) is 6.80. The third kappa shape index (κ3) is 4.80. The van der Waals surface area contributed by atoms with Crippen LogP contribution in [-0.2, 0) is 14.3 Å². The van der Waals surface area contributed by atoms with Gasteiger partial charge >= 0.3 is 12.0 Å². The van der Waals surface area contributed by atoms with E-state index in [1.165, 1.54) is 17.0 Å². The van der Waals surface area contributed by atoms with Crippen molar-refractivity contribution in [3.05, 3.63) is 72.8 Å². The van der Waals surface area contributed by atoms with Gasteiger partial charge in [0.1, 0.15) is 6.04 Å². The zero-order valence-corrected chi connectivity index (χ0v) is 17.1. The van der Waals surface area contributed by atoms with Gasteiger partial charge in [-0.1, -0.05) is 30.3 Å². The van der Waals surface area contributed by atoms with Gasteiger partial charge in [0, 0.05) is 12.2 Å². The zero-order chi connectivity index (χ0) is 22.4. The quantitative estimate of drug-likeness (QED) is 0.401. The van der Waals surface area contributed by atoms with Crippen molar-refractivity contribution in [2.24, 2.45) is 0 Å². The molecule has 1 aliphatic rings. The molecule has 1 saturated heterocycles. The average Bonchev–Trinajstić information content (AvgIpc) is 2.99. The van der Waals surface area contributed by atoms with E-state index < -0.39 is 29.9 Å². The van der Waals surface area contributed by atoms with E-state index in [1.807, 2.05) is 0 Å². The van der Waals surface area contributed by atoms with Crippen molar-refractivity contribution in [1.82, 2.24) is 4.90 Å². The first kappa shape index (κ1) is 21.8. The molecule has 1 aliphatic heterocycles. The number of anilines is 2. The maximum absolute atomic E-state index is 13.0. The highest BCUT2D eigenvalue weighted by Gasteiger charge is 2.46. The molecule has 0 aromatic heterocycles. The maximum atomic E-state index is 13.0. The Morgan fingerprint density at radius 1 is 1.13 bits per heavy atom. The molecule has 0 aliphatic carbocycles. The monoisotopic (exact) mass is 421 g/mol. The van der Waals surface area contributed by atoms with E-state index in [0.717, 1.165) is 4.90 Å². The minimum atomic E-state index is -0.959. The predicted octanol–water partition coefficient (Wildman–Crippen LogP) is 3.22. The van der Waals surface area contributed by atoms with Crippen LogP contribution in [0, 0.1) is 0 Å². The van der Waals surface area contributed by atoms with Gasteiger partial charge in [-0.15, -0.1) is 6.58 Å². The van der Waals surface area contributed by atoms with Crippen LogP contribution in [0.1, 0.15) is 23.7 Å². The molecule has 8 heteroatoms. The van der Waals surface area contributed by atoms with E-state index in [4.69, 9.17) is 4.74 Å². The van der Waals surface area contributed by atoms with Crippen molar-refractivity contribution < 1.29 is 23.9 Å². The molecular formula is C23H23N3O5. The molecule has 0 saturated carbocycles. The lowest BCUT2D eigenvalue weighted by atomic mass is 10.1. The van der Waals surface area contributed by atoms with Crippen LogP contribution in [0.2, 0.25) is 0 Å². The van der Waals surface area contributed by atoms with Gasteiger partial charge < -0.3 is 15.0 Å². The molecule has 0 radical (unpaired) electrons. The predicted molar refractivity (Wildman–Crippen MR) is 116 cm³/mol. The van der Waals surface area contributed by atoms with E-state index in [1.54, 1.807) is 55.5 Å². The van der Waals surface area contributed by atoms with Crippen LogP contribution in [-0.4, -0.2) is 47.9 Å². The van der Waals surface area contributed by atoms with Gasteiger partial charge in [0.2, 0.25) is 5.91 Å². The van der Waals surface area contributed by atoms with Crippen molar-refractivity contribution in [1.29, 1.82) is 0 Å². The molecule has 2 aromatic rings. The lowest BCUT2D eigenvalue weighted by molar-refractivity contribution is -0.124. The Bertz CT molecular complexity index is 1010. The van der Waals surface area contributed by atoms with Crippen molar-refractivity contribution in [2.45, 2.75) is 19.4 Å². The van der Waals surface area contributed by atoms with Crippen LogP contribution in [0.5, 0.6) is 0 Å². The highest BCUT2D eigenvalue weighted by Crippen LogP contribution is 2.27. The fraction of sp³-hybridized carbons (Fsp3) is 0.217. The van der Waals surface area contributed by atoms with Crippen LogP contribution >= 0.6 is 0 Å². The minimum absolute atomic E-state index is 0.129. The summed E-state index contributed by atoms with van der Waals surface area (Å²) in [5, 5.41) is 2.68. The molecule has 1 fully saturated rings. The number of amides is 4. The molecule has 2 aromatic carbocycles. The molecule has 0 bridgehead atoms. The number of benzene rings is 2. The number of nitrogens with one attached hydrogen (secondary N) is 1. The summed E-state index contributed by atoms with van der Waals surface area (Å²) in [4.78, 5) is 52.8. The number of imide groups is 1. The summed E-state index contributed by atoms with van der Waals surface area (Å²) in [6.07, 6.45) is 1.28. The maximum Gasteiger partial charge on any atom is 0.338 e. The number of urea groups is 1. The topological polar surface area (TPSA) is 96.0 Å². The number of nitrogens with zero attached hydrogens (tertiary/aromatic N) is 2. The molecule has 1 unspecified atom stereocenters. The Labute approximate surface area is 180 Å². The molecular weight excluding hydrogens is 398 g/mol. The first-order valence-electron chi connectivity index (χ1n) is 9.83. The number of rotatable bonds is 8. The molecule has 160 valence electrons. The van der Waals surface area contributed by atoms with E-state index in [-0.39, 0.29) is 19.6 Å². The normalized spacial score (nSPS) is 15.7. The van der Waals surface area contributed by atoms with Crippen LogP contribution in [0.4, 0.5) is 16.2 Å². The SMILES string of the molecule is C=CCN1C(=O)N(c2ccccc2)C(=O)C1CC(=O)Nc1cccc(C(=O)OCC)c1. The summed E-state index contributed by atoms with van der Waals surface area (Å²) in [5.74, 6) is -1.43. The summed E-state index contributed by atoms with van der Waals surface area (Å²) < 4.78 is 4.96. The number of hydrogen-bond acceptors (Lipinski definition) is 5. The van der Waals surface area contributed by atoms with Gasteiger partial charge in [-0.05, 0) is 37.3 Å². The summed E-state index contributed by atoms with van der Waals surface area (Å²) in [6.45, 7) is 5.71. The number of para-hydroxylation sites is 1. The molecule has 1 atom stereocenters. The van der Waals surface area contributed by atoms with E-state index in [2.05, 4.69) is 11.9 Å². The largest absolute Gasteiger partial charge is 0.462 e.